The van der Waals surface area contributed by atoms with Gasteiger partial charge >= 0.3 is 12.0 Å². The monoisotopic (exact) mass is 264 g/mol. The summed E-state index contributed by atoms with van der Waals surface area (Å²) in [6.07, 6.45) is -4.33. The van der Waals surface area contributed by atoms with Crippen molar-refractivity contribution in [2.75, 3.05) is 0 Å². The molecule has 0 amide bonds. The van der Waals surface area contributed by atoms with E-state index in [1.165, 1.54) is 16.2 Å². The zero-order valence-electron chi connectivity index (χ0n) is 9.42. The first kappa shape index (κ1) is 13.8. The molecular weight excluding hydrogens is 253 g/mol. The van der Waals surface area contributed by atoms with Crippen LogP contribution >= 0.6 is 0 Å². The van der Waals surface area contributed by atoms with Gasteiger partial charge in [0.2, 0.25) is 0 Å². The number of aryl methyl sites for hydroxylation is 2. The molecule has 0 fully saturated rings. The van der Waals surface area contributed by atoms with Gasteiger partial charge in [0, 0.05) is 0 Å². The van der Waals surface area contributed by atoms with Crippen molar-refractivity contribution in [2.24, 2.45) is 7.05 Å². The normalized spacial score (nSPS) is 11.6. The molecule has 0 spiro atoms. The number of hydrogen-bond acceptors (Lipinski definition) is 0. The third-order valence-corrected chi connectivity index (χ3v) is 2.68. The lowest BCUT2D eigenvalue weighted by Gasteiger charge is -2.03. The van der Waals surface area contributed by atoms with Crippen LogP contribution in [0.3, 0.4) is 0 Å². The molecule has 0 saturated carbocycles. The first-order valence-corrected chi connectivity index (χ1v) is 5.01. The van der Waals surface area contributed by atoms with Crippen LogP contribution in [0.1, 0.15) is 12.7 Å². The van der Waals surface area contributed by atoms with Gasteiger partial charge in [0.05, 0.1) is 13.6 Å². The van der Waals surface area contributed by atoms with Crippen molar-refractivity contribution in [3.63, 3.8) is 0 Å². The second kappa shape index (κ2) is 4.56. The minimum Gasteiger partial charge on any atom is -1.00 e. The highest BCUT2D eigenvalue weighted by atomic mass is 35.5. The van der Waals surface area contributed by atoms with E-state index in [4.69, 9.17) is 0 Å². The zero-order valence-corrected chi connectivity index (χ0v) is 10.2. The van der Waals surface area contributed by atoms with Crippen molar-refractivity contribution >= 4 is 11.0 Å². The molecule has 2 nitrogen and oxygen atoms in total. The molecule has 0 unspecified atom stereocenters. The van der Waals surface area contributed by atoms with E-state index in [0.29, 0.717) is 17.6 Å². The van der Waals surface area contributed by atoms with Gasteiger partial charge in [-0.3, -0.25) is 0 Å². The molecule has 6 heteroatoms. The second-order valence-electron chi connectivity index (χ2n) is 3.61. The Balaban J connectivity index is 0.00000144. The van der Waals surface area contributed by atoms with Crippen LogP contribution in [-0.2, 0) is 19.8 Å². The lowest BCUT2D eigenvalue weighted by atomic mass is 10.3. The van der Waals surface area contributed by atoms with Crippen LogP contribution in [0.25, 0.3) is 11.0 Å². The highest BCUT2D eigenvalue weighted by Crippen LogP contribution is 2.29. The molecular formula is C11H12ClF3N2. The number of hydrogen-bond donors (Lipinski definition) is 0. The van der Waals surface area contributed by atoms with Crippen LogP contribution in [0, 0.1) is 0 Å². The molecule has 94 valence electrons. The third-order valence-electron chi connectivity index (χ3n) is 2.68. The van der Waals surface area contributed by atoms with Crippen molar-refractivity contribution in [1.29, 1.82) is 0 Å². The van der Waals surface area contributed by atoms with Crippen molar-refractivity contribution in [2.45, 2.75) is 19.6 Å². The summed E-state index contributed by atoms with van der Waals surface area (Å²) in [6, 6.07) is 6.88. The van der Waals surface area contributed by atoms with Crippen LogP contribution < -0.4 is 17.0 Å². The molecule has 0 atom stereocenters. The molecule has 0 N–H and O–H groups in total. The van der Waals surface area contributed by atoms with E-state index >= 15 is 0 Å². The van der Waals surface area contributed by atoms with Crippen LogP contribution in [-0.4, -0.2) is 4.57 Å². The molecule has 0 radical (unpaired) electrons. The number of halogens is 4. The summed E-state index contributed by atoms with van der Waals surface area (Å²) in [4.78, 5) is 0. The number of rotatable bonds is 1. The molecule has 1 heterocycles. The summed E-state index contributed by atoms with van der Waals surface area (Å²) in [5.74, 6) is -0.615. The van der Waals surface area contributed by atoms with Crippen LogP contribution in [0.4, 0.5) is 13.2 Å². The van der Waals surface area contributed by atoms with E-state index in [9.17, 15) is 13.2 Å². The van der Waals surface area contributed by atoms with Crippen molar-refractivity contribution in [3.8, 4) is 0 Å². The van der Waals surface area contributed by atoms with Gasteiger partial charge < -0.3 is 12.4 Å². The SMILES string of the molecule is CC[n+]1c(C(F)(F)F)n(C)c2ccccc21.[Cl-]. The number of nitrogens with zero attached hydrogens (tertiary/aromatic N) is 2. The average Bonchev–Trinajstić information content (AvgIpc) is 2.51. The number of imidazole rings is 1. The molecule has 0 saturated heterocycles. The quantitative estimate of drug-likeness (QED) is 0.615. The number of aromatic nitrogens is 2. The van der Waals surface area contributed by atoms with Gasteiger partial charge in [0.1, 0.15) is 0 Å². The topological polar surface area (TPSA) is 8.81 Å². The van der Waals surface area contributed by atoms with Gasteiger partial charge in [-0.15, -0.1) is 0 Å². The van der Waals surface area contributed by atoms with Crippen LogP contribution in [0.15, 0.2) is 24.3 Å². The standard InChI is InChI=1S/C11H12F3N2.ClH/c1-3-16-9-7-5-4-6-8(9)15(2)10(16)11(12,13)14;/h4-7H,3H2,1-2H3;1H/q+1;/p-1. The molecule has 0 bridgehead atoms. The van der Waals surface area contributed by atoms with E-state index in [0.717, 1.165) is 0 Å². The minimum absolute atomic E-state index is 0. The Morgan fingerprint density at radius 3 is 2.35 bits per heavy atom. The molecule has 0 aliphatic heterocycles. The number of fused-ring (bicyclic) bond motifs is 1. The largest absolute Gasteiger partial charge is 1.00 e. The maximum absolute atomic E-state index is 12.9. The summed E-state index contributed by atoms with van der Waals surface area (Å²) in [7, 11) is 1.44. The van der Waals surface area contributed by atoms with Gasteiger partial charge in [-0.25, -0.2) is 9.13 Å². The summed E-state index contributed by atoms with van der Waals surface area (Å²) < 4.78 is 41.2. The number of para-hydroxylation sites is 2. The van der Waals surface area contributed by atoms with Crippen molar-refractivity contribution in [1.82, 2.24) is 4.57 Å². The van der Waals surface area contributed by atoms with Crippen molar-refractivity contribution in [3.05, 3.63) is 30.1 Å². The Labute approximate surface area is 103 Å². The number of alkyl halides is 3. The molecule has 1 aromatic heterocycles. The lowest BCUT2D eigenvalue weighted by molar-refractivity contribution is -0.688. The highest BCUT2D eigenvalue weighted by Gasteiger charge is 2.45. The van der Waals surface area contributed by atoms with Crippen molar-refractivity contribution < 1.29 is 30.1 Å². The fourth-order valence-corrected chi connectivity index (χ4v) is 2.05. The van der Waals surface area contributed by atoms with Crippen LogP contribution in [0.5, 0.6) is 0 Å². The molecule has 0 aliphatic carbocycles. The fraction of sp³-hybridized carbons (Fsp3) is 0.364. The number of benzene rings is 1. The second-order valence-corrected chi connectivity index (χ2v) is 3.61. The predicted molar refractivity (Wildman–Crippen MR) is 53.8 cm³/mol. The van der Waals surface area contributed by atoms with E-state index in [-0.39, 0.29) is 12.4 Å². The molecule has 2 aromatic rings. The van der Waals surface area contributed by atoms with E-state index in [2.05, 4.69) is 0 Å². The Morgan fingerprint density at radius 2 is 1.82 bits per heavy atom. The fourth-order valence-electron chi connectivity index (χ4n) is 2.05. The van der Waals surface area contributed by atoms with E-state index < -0.39 is 12.0 Å². The Morgan fingerprint density at radius 1 is 1.24 bits per heavy atom. The summed E-state index contributed by atoms with van der Waals surface area (Å²) in [5, 5.41) is 0. The maximum atomic E-state index is 12.9. The van der Waals surface area contributed by atoms with Gasteiger partial charge in [-0.2, -0.15) is 13.2 Å². The Bertz CT molecular complexity index is 531. The summed E-state index contributed by atoms with van der Waals surface area (Å²) >= 11 is 0. The Hall–Kier alpha value is -1.23. The molecule has 17 heavy (non-hydrogen) atoms. The lowest BCUT2D eigenvalue weighted by Crippen LogP contribution is -3.00. The van der Waals surface area contributed by atoms with Crippen LogP contribution in [0.2, 0.25) is 0 Å². The first-order chi connectivity index (χ1) is 7.46. The molecule has 1 aromatic carbocycles. The average molecular weight is 265 g/mol. The zero-order chi connectivity index (χ0) is 11.9. The Kier molecular flexibility index (Phi) is 3.71. The minimum atomic E-state index is -4.33. The molecule has 0 aliphatic rings. The summed E-state index contributed by atoms with van der Waals surface area (Å²) in [5.41, 5.74) is 1.21. The predicted octanol–water partition coefficient (Wildman–Crippen LogP) is -0.491. The smallest absolute Gasteiger partial charge is 0.495 e. The third kappa shape index (κ3) is 2.11. The maximum Gasteiger partial charge on any atom is 0.495 e. The summed E-state index contributed by atoms with van der Waals surface area (Å²) in [6.45, 7) is 2.01. The van der Waals surface area contributed by atoms with Gasteiger partial charge in [-0.05, 0) is 19.1 Å². The first-order valence-electron chi connectivity index (χ1n) is 5.01. The van der Waals surface area contributed by atoms with Gasteiger partial charge in [0.25, 0.3) is 0 Å². The molecule has 2 rings (SSSR count). The van der Waals surface area contributed by atoms with E-state index in [1.807, 2.05) is 0 Å². The van der Waals surface area contributed by atoms with E-state index in [1.54, 1.807) is 31.2 Å². The van der Waals surface area contributed by atoms with Gasteiger partial charge in [0.15, 0.2) is 11.0 Å². The van der Waals surface area contributed by atoms with Gasteiger partial charge in [-0.1, -0.05) is 12.1 Å². The highest BCUT2D eigenvalue weighted by molar-refractivity contribution is 5.72.